The number of nitrogen functional groups attached to an aromatic ring is 1. The lowest BCUT2D eigenvalue weighted by molar-refractivity contribution is 0.839. The van der Waals surface area contributed by atoms with Crippen LogP contribution >= 0.6 is 0 Å². The van der Waals surface area contributed by atoms with Gasteiger partial charge in [-0.1, -0.05) is 25.5 Å². The zero-order chi connectivity index (χ0) is 12.5. The molecule has 3 rings (SSSR count). The molecule has 94 valence electrons. The van der Waals surface area contributed by atoms with Crippen LogP contribution in [0, 0.1) is 0 Å². The summed E-state index contributed by atoms with van der Waals surface area (Å²) in [6, 6.07) is 10.5. The van der Waals surface area contributed by atoms with Crippen LogP contribution in [0.5, 0.6) is 0 Å². The van der Waals surface area contributed by atoms with Crippen molar-refractivity contribution in [3.8, 4) is 5.69 Å². The summed E-state index contributed by atoms with van der Waals surface area (Å²) < 4.78 is 1.87. The Labute approximate surface area is 108 Å². The molecule has 3 nitrogen and oxygen atoms in total. The molecule has 0 spiro atoms. The monoisotopic (exact) mass is 241 g/mol. The SMILES string of the molecule is CCCc1cccc(-n2nc(C3CC3)cc2N)c1. The molecule has 0 bridgehead atoms. The molecule has 0 amide bonds. The topological polar surface area (TPSA) is 43.8 Å². The van der Waals surface area contributed by atoms with Crippen molar-refractivity contribution in [2.24, 2.45) is 0 Å². The van der Waals surface area contributed by atoms with E-state index in [2.05, 4.69) is 36.3 Å². The van der Waals surface area contributed by atoms with E-state index in [0.29, 0.717) is 5.92 Å². The van der Waals surface area contributed by atoms with Gasteiger partial charge in [0.1, 0.15) is 5.82 Å². The first-order chi connectivity index (χ1) is 8.78. The molecule has 1 fully saturated rings. The van der Waals surface area contributed by atoms with Crippen molar-refractivity contribution in [2.45, 2.75) is 38.5 Å². The van der Waals surface area contributed by atoms with Crippen LogP contribution in [-0.4, -0.2) is 9.78 Å². The number of hydrogen-bond acceptors (Lipinski definition) is 2. The van der Waals surface area contributed by atoms with Crippen LogP contribution in [0.1, 0.15) is 43.4 Å². The first kappa shape index (κ1) is 11.3. The Balaban J connectivity index is 1.95. The second-order valence-corrected chi connectivity index (χ2v) is 5.10. The van der Waals surface area contributed by atoms with E-state index >= 15 is 0 Å². The lowest BCUT2D eigenvalue weighted by Crippen LogP contribution is -2.02. The van der Waals surface area contributed by atoms with Crippen molar-refractivity contribution in [1.82, 2.24) is 9.78 Å². The lowest BCUT2D eigenvalue weighted by atomic mass is 10.1. The van der Waals surface area contributed by atoms with Gasteiger partial charge in [-0.25, -0.2) is 4.68 Å². The zero-order valence-electron chi connectivity index (χ0n) is 10.8. The fraction of sp³-hybridized carbons (Fsp3) is 0.400. The Kier molecular flexibility index (Phi) is 2.82. The Bertz CT molecular complexity index is 553. The summed E-state index contributed by atoms with van der Waals surface area (Å²) in [4.78, 5) is 0. The highest BCUT2D eigenvalue weighted by atomic mass is 15.3. The number of benzene rings is 1. The third kappa shape index (κ3) is 2.13. The van der Waals surface area contributed by atoms with E-state index < -0.39 is 0 Å². The van der Waals surface area contributed by atoms with Gasteiger partial charge in [0.2, 0.25) is 0 Å². The largest absolute Gasteiger partial charge is 0.384 e. The summed E-state index contributed by atoms with van der Waals surface area (Å²) in [5.41, 5.74) is 9.63. The number of rotatable bonds is 4. The predicted molar refractivity (Wildman–Crippen MR) is 73.9 cm³/mol. The molecule has 18 heavy (non-hydrogen) atoms. The molecule has 1 aromatic heterocycles. The standard InChI is InChI=1S/C15H19N3/c1-2-4-11-5-3-6-13(9-11)18-15(16)10-14(17-18)12-7-8-12/h3,5-6,9-10,12H,2,4,7-8,16H2,1H3. The van der Waals surface area contributed by atoms with E-state index in [0.717, 1.165) is 30.0 Å². The molecule has 3 heteroatoms. The van der Waals surface area contributed by atoms with Crippen molar-refractivity contribution >= 4 is 5.82 Å². The van der Waals surface area contributed by atoms with Gasteiger partial charge in [-0.3, -0.25) is 0 Å². The van der Waals surface area contributed by atoms with E-state index in [4.69, 9.17) is 5.73 Å². The van der Waals surface area contributed by atoms with Gasteiger partial charge >= 0.3 is 0 Å². The third-order valence-corrected chi connectivity index (χ3v) is 3.45. The van der Waals surface area contributed by atoms with Crippen LogP contribution in [-0.2, 0) is 6.42 Å². The molecule has 1 aliphatic carbocycles. The molecule has 2 aromatic rings. The predicted octanol–water partition coefficient (Wildman–Crippen LogP) is 3.28. The Morgan fingerprint density at radius 2 is 2.17 bits per heavy atom. The van der Waals surface area contributed by atoms with Crippen molar-refractivity contribution < 1.29 is 0 Å². The van der Waals surface area contributed by atoms with Crippen LogP contribution in [0.2, 0.25) is 0 Å². The van der Waals surface area contributed by atoms with Crippen molar-refractivity contribution in [3.63, 3.8) is 0 Å². The molecule has 1 saturated carbocycles. The second-order valence-electron chi connectivity index (χ2n) is 5.10. The summed E-state index contributed by atoms with van der Waals surface area (Å²) in [5, 5.41) is 4.63. The average molecular weight is 241 g/mol. The summed E-state index contributed by atoms with van der Waals surface area (Å²) in [5.74, 6) is 1.39. The van der Waals surface area contributed by atoms with Crippen LogP contribution < -0.4 is 5.73 Å². The highest BCUT2D eigenvalue weighted by Gasteiger charge is 2.27. The van der Waals surface area contributed by atoms with Gasteiger partial charge in [-0.2, -0.15) is 5.10 Å². The van der Waals surface area contributed by atoms with E-state index in [9.17, 15) is 0 Å². The molecule has 0 aliphatic heterocycles. The van der Waals surface area contributed by atoms with Gasteiger partial charge < -0.3 is 5.73 Å². The van der Waals surface area contributed by atoms with Crippen molar-refractivity contribution in [3.05, 3.63) is 41.6 Å². The number of aryl methyl sites for hydroxylation is 1. The zero-order valence-corrected chi connectivity index (χ0v) is 10.8. The first-order valence-corrected chi connectivity index (χ1v) is 6.72. The van der Waals surface area contributed by atoms with Gasteiger partial charge in [0.25, 0.3) is 0 Å². The van der Waals surface area contributed by atoms with Gasteiger partial charge in [-0.15, -0.1) is 0 Å². The van der Waals surface area contributed by atoms with Crippen LogP contribution in [0.15, 0.2) is 30.3 Å². The van der Waals surface area contributed by atoms with Gasteiger partial charge in [0, 0.05) is 12.0 Å². The minimum Gasteiger partial charge on any atom is -0.384 e. The van der Waals surface area contributed by atoms with E-state index in [1.807, 2.05) is 10.7 Å². The van der Waals surface area contributed by atoms with Gasteiger partial charge in [0.15, 0.2) is 0 Å². The Hall–Kier alpha value is -1.77. The second kappa shape index (κ2) is 4.48. The summed E-state index contributed by atoms with van der Waals surface area (Å²) >= 11 is 0. The number of aromatic nitrogens is 2. The third-order valence-electron chi connectivity index (χ3n) is 3.45. The molecule has 0 unspecified atom stereocenters. The van der Waals surface area contributed by atoms with Crippen molar-refractivity contribution in [1.29, 1.82) is 0 Å². The number of nitrogens with two attached hydrogens (primary N) is 1. The molecule has 0 atom stereocenters. The highest BCUT2D eigenvalue weighted by molar-refractivity contribution is 5.45. The maximum absolute atomic E-state index is 6.06. The molecule has 0 saturated heterocycles. The van der Waals surface area contributed by atoms with Crippen molar-refractivity contribution in [2.75, 3.05) is 5.73 Å². The molecule has 1 heterocycles. The maximum atomic E-state index is 6.06. The smallest absolute Gasteiger partial charge is 0.127 e. The number of anilines is 1. The van der Waals surface area contributed by atoms with E-state index in [1.54, 1.807) is 0 Å². The van der Waals surface area contributed by atoms with E-state index in [-0.39, 0.29) is 0 Å². The fourth-order valence-corrected chi connectivity index (χ4v) is 2.33. The average Bonchev–Trinajstić information content (AvgIpc) is 3.14. The Morgan fingerprint density at radius 1 is 1.33 bits per heavy atom. The normalized spacial score (nSPS) is 14.9. The van der Waals surface area contributed by atoms with Gasteiger partial charge in [-0.05, 0) is 37.0 Å². The lowest BCUT2D eigenvalue weighted by Gasteiger charge is -2.06. The fourth-order valence-electron chi connectivity index (χ4n) is 2.33. The van der Waals surface area contributed by atoms with E-state index in [1.165, 1.54) is 18.4 Å². The number of nitrogens with zero attached hydrogens (tertiary/aromatic N) is 2. The van der Waals surface area contributed by atoms with Crippen LogP contribution in [0.3, 0.4) is 0 Å². The molecular formula is C15H19N3. The van der Waals surface area contributed by atoms with Crippen LogP contribution in [0.4, 0.5) is 5.82 Å². The number of hydrogen-bond donors (Lipinski definition) is 1. The summed E-state index contributed by atoms with van der Waals surface area (Å²) in [6.45, 7) is 2.19. The maximum Gasteiger partial charge on any atom is 0.127 e. The molecule has 1 aromatic carbocycles. The minimum atomic E-state index is 0.646. The summed E-state index contributed by atoms with van der Waals surface area (Å²) in [6.07, 6.45) is 4.77. The molecular weight excluding hydrogens is 222 g/mol. The quantitative estimate of drug-likeness (QED) is 0.892. The highest BCUT2D eigenvalue weighted by Crippen LogP contribution is 2.40. The van der Waals surface area contributed by atoms with Crippen LogP contribution in [0.25, 0.3) is 5.69 Å². The molecule has 0 radical (unpaired) electrons. The van der Waals surface area contributed by atoms with Gasteiger partial charge in [0.05, 0.1) is 11.4 Å². The first-order valence-electron chi connectivity index (χ1n) is 6.72. The summed E-state index contributed by atoms with van der Waals surface area (Å²) in [7, 11) is 0. The minimum absolute atomic E-state index is 0.646. The molecule has 2 N–H and O–H groups in total. The Morgan fingerprint density at radius 3 is 2.89 bits per heavy atom. The molecule has 1 aliphatic rings.